The van der Waals surface area contributed by atoms with Crippen molar-refractivity contribution >= 4 is 29.3 Å². The molecule has 26 heavy (non-hydrogen) atoms. The third-order valence-corrected chi connectivity index (χ3v) is 4.70. The number of ether oxygens (including phenoxy) is 1. The number of likely N-dealkylation sites (tertiary alicyclic amines) is 1. The molecule has 6 nitrogen and oxygen atoms in total. The van der Waals surface area contributed by atoms with Crippen molar-refractivity contribution in [2.45, 2.75) is 12.8 Å². The zero-order valence-corrected chi connectivity index (χ0v) is 14.9. The number of Topliss-reactive ketones (excluding diaryl/α,β-unsaturated/α-hetero) is 1. The van der Waals surface area contributed by atoms with Gasteiger partial charge in [0.1, 0.15) is 0 Å². The molecule has 0 radical (unpaired) electrons. The number of piperidine rings is 1. The average molecular weight is 375 g/mol. The van der Waals surface area contributed by atoms with Crippen LogP contribution in [0.4, 0.5) is 0 Å². The SMILES string of the molecule is O=C(COC(=O)C1CCN(C(=O)c2ccc(Cl)cc2)CC1)c1ccc[nH]1. The van der Waals surface area contributed by atoms with E-state index in [2.05, 4.69) is 4.98 Å². The molecule has 0 spiro atoms. The van der Waals surface area contributed by atoms with Crippen LogP contribution in [0.15, 0.2) is 42.6 Å². The number of esters is 1. The van der Waals surface area contributed by atoms with Crippen LogP contribution >= 0.6 is 11.6 Å². The van der Waals surface area contributed by atoms with Gasteiger partial charge in [-0.05, 0) is 49.2 Å². The molecule has 2 aromatic rings. The first-order valence-corrected chi connectivity index (χ1v) is 8.80. The summed E-state index contributed by atoms with van der Waals surface area (Å²) in [7, 11) is 0. The predicted octanol–water partition coefficient (Wildman–Crippen LogP) is 2.95. The average Bonchev–Trinajstić information content (AvgIpc) is 3.21. The smallest absolute Gasteiger partial charge is 0.309 e. The van der Waals surface area contributed by atoms with Gasteiger partial charge in [-0.2, -0.15) is 0 Å². The van der Waals surface area contributed by atoms with Crippen LogP contribution in [-0.2, 0) is 9.53 Å². The molecule has 1 aliphatic heterocycles. The first-order chi connectivity index (χ1) is 12.5. The van der Waals surface area contributed by atoms with Crippen molar-refractivity contribution in [3.05, 3.63) is 58.9 Å². The van der Waals surface area contributed by atoms with E-state index in [0.29, 0.717) is 42.2 Å². The lowest BCUT2D eigenvalue weighted by Gasteiger charge is -2.31. The molecule has 1 aromatic carbocycles. The topological polar surface area (TPSA) is 79.5 Å². The molecule has 1 amide bonds. The van der Waals surface area contributed by atoms with E-state index >= 15 is 0 Å². The summed E-state index contributed by atoms with van der Waals surface area (Å²) < 4.78 is 5.13. The van der Waals surface area contributed by atoms with Crippen molar-refractivity contribution < 1.29 is 19.1 Å². The van der Waals surface area contributed by atoms with Crippen molar-refractivity contribution in [2.75, 3.05) is 19.7 Å². The molecule has 1 N–H and O–H groups in total. The standard InChI is InChI=1S/C19H19ClN2O4/c20-15-5-3-13(4-6-15)18(24)22-10-7-14(8-11-22)19(25)26-12-17(23)16-2-1-9-21-16/h1-6,9,14,21H,7-8,10-12H2. The van der Waals surface area contributed by atoms with Gasteiger partial charge in [-0.15, -0.1) is 0 Å². The highest BCUT2D eigenvalue weighted by molar-refractivity contribution is 6.30. The van der Waals surface area contributed by atoms with E-state index in [1.54, 1.807) is 47.5 Å². The fourth-order valence-corrected chi connectivity index (χ4v) is 3.06. The zero-order chi connectivity index (χ0) is 18.5. The van der Waals surface area contributed by atoms with E-state index in [0.717, 1.165) is 0 Å². The zero-order valence-electron chi connectivity index (χ0n) is 14.1. The number of rotatable bonds is 5. The maximum absolute atomic E-state index is 12.5. The first kappa shape index (κ1) is 18.2. The highest BCUT2D eigenvalue weighted by Gasteiger charge is 2.29. The van der Waals surface area contributed by atoms with E-state index in [4.69, 9.17) is 16.3 Å². The summed E-state index contributed by atoms with van der Waals surface area (Å²) >= 11 is 5.84. The summed E-state index contributed by atoms with van der Waals surface area (Å²) in [6.07, 6.45) is 2.69. The van der Waals surface area contributed by atoms with Crippen LogP contribution in [0.3, 0.4) is 0 Å². The van der Waals surface area contributed by atoms with Gasteiger partial charge >= 0.3 is 5.97 Å². The Labute approximate surface area is 156 Å². The summed E-state index contributed by atoms with van der Waals surface area (Å²) in [5.41, 5.74) is 0.994. The number of aromatic amines is 1. The number of nitrogens with one attached hydrogen (secondary N) is 1. The molecule has 136 valence electrons. The Morgan fingerprint density at radius 2 is 1.81 bits per heavy atom. The monoisotopic (exact) mass is 374 g/mol. The van der Waals surface area contributed by atoms with E-state index < -0.39 is 0 Å². The maximum Gasteiger partial charge on any atom is 0.309 e. The number of hydrogen-bond donors (Lipinski definition) is 1. The van der Waals surface area contributed by atoms with E-state index in [1.165, 1.54) is 0 Å². The Morgan fingerprint density at radius 3 is 2.42 bits per heavy atom. The van der Waals surface area contributed by atoms with Crippen LogP contribution in [-0.4, -0.2) is 47.2 Å². The second-order valence-corrected chi connectivity index (χ2v) is 6.62. The molecule has 0 saturated carbocycles. The Balaban J connectivity index is 1.47. The van der Waals surface area contributed by atoms with Crippen LogP contribution in [0.25, 0.3) is 0 Å². The van der Waals surface area contributed by atoms with Gasteiger partial charge < -0.3 is 14.6 Å². The minimum absolute atomic E-state index is 0.0737. The number of benzene rings is 1. The number of hydrogen-bond acceptors (Lipinski definition) is 4. The molecule has 1 aromatic heterocycles. The molecule has 0 aliphatic carbocycles. The molecule has 3 rings (SSSR count). The minimum atomic E-state index is -0.386. The molecule has 1 aliphatic rings. The second-order valence-electron chi connectivity index (χ2n) is 6.19. The number of ketones is 1. The summed E-state index contributed by atoms with van der Waals surface area (Å²) in [5.74, 6) is -1.02. The van der Waals surface area contributed by atoms with Crippen molar-refractivity contribution in [3.63, 3.8) is 0 Å². The van der Waals surface area contributed by atoms with Gasteiger partial charge in [0.25, 0.3) is 5.91 Å². The lowest BCUT2D eigenvalue weighted by Crippen LogP contribution is -2.40. The minimum Gasteiger partial charge on any atom is -0.457 e. The van der Waals surface area contributed by atoms with E-state index in [-0.39, 0.29) is 30.2 Å². The number of H-pyrrole nitrogens is 1. The lowest BCUT2D eigenvalue weighted by molar-refractivity contribution is -0.148. The number of aromatic nitrogens is 1. The maximum atomic E-state index is 12.5. The Bertz CT molecular complexity index is 778. The Kier molecular flexibility index (Phi) is 5.73. The molecular formula is C19H19ClN2O4. The van der Waals surface area contributed by atoms with Crippen LogP contribution in [0.2, 0.25) is 5.02 Å². The van der Waals surface area contributed by atoms with Gasteiger partial charge in [0, 0.05) is 29.9 Å². The highest BCUT2D eigenvalue weighted by Crippen LogP contribution is 2.21. The Hall–Kier alpha value is -2.60. The molecule has 0 bridgehead atoms. The third kappa shape index (κ3) is 4.32. The third-order valence-electron chi connectivity index (χ3n) is 4.45. The van der Waals surface area contributed by atoms with Crippen LogP contribution in [0.1, 0.15) is 33.7 Å². The van der Waals surface area contributed by atoms with Crippen LogP contribution in [0, 0.1) is 5.92 Å². The quantitative estimate of drug-likeness (QED) is 0.644. The lowest BCUT2D eigenvalue weighted by atomic mass is 9.96. The molecule has 0 unspecified atom stereocenters. The van der Waals surface area contributed by atoms with Gasteiger partial charge in [0.15, 0.2) is 6.61 Å². The van der Waals surface area contributed by atoms with Crippen LogP contribution < -0.4 is 0 Å². The van der Waals surface area contributed by atoms with E-state index in [9.17, 15) is 14.4 Å². The van der Waals surface area contributed by atoms with Gasteiger partial charge in [-0.1, -0.05) is 11.6 Å². The summed E-state index contributed by atoms with van der Waals surface area (Å²) in [6.45, 7) is 0.681. The number of halogens is 1. The normalized spacial score (nSPS) is 14.9. The molecule has 1 saturated heterocycles. The van der Waals surface area contributed by atoms with Gasteiger partial charge in [-0.3, -0.25) is 14.4 Å². The Morgan fingerprint density at radius 1 is 1.12 bits per heavy atom. The highest BCUT2D eigenvalue weighted by atomic mass is 35.5. The molecule has 0 atom stereocenters. The van der Waals surface area contributed by atoms with Crippen molar-refractivity contribution in [1.29, 1.82) is 0 Å². The molecule has 7 heteroatoms. The number of amides is 1. The van der Waals surface area contributed by atoms with Crippen molar-refractivity contribution in [1.82, 2.24) is 9.88 Å². The fourth-order valence-electron chi connectivity index (χ4n) is 2.93. The van der Waals surface area contributed by atoms with Crippen molar-refractivity contribution in [3.8, 4) is 0 Å². The number of nitrogens with zero attached hydrogens (tertiary/aromatic N) is 1. The second kappa shape index (κ2) is 8.19. The summed E-state index contributed by atoms with van der Waals surface area (Å²) in [4.78, 5) is 41.0. The number of carbonyl (C=O) groups is 3. The van der Waals surface area contributed by atoms with Crippen LogP contribution in [0.5, 0.6) is 0 Å². The number of carbonyl (C=O) groups excluding carboxylic acids is 3. The first-order valence-electron chi connectivity index (χ1n) is 8.42. The molecule has 2 heterocycles. The summed E-state index contributed by atoms with van der Waals surface area (Å²) in [6, 6.07) is 10.1. The van der Waals surface area contributed by atoms with Gasteiger partial charge in [0.05, 0.1) is 11.6 Å². The fraction of sp³-hybridized carbons (Fsp3) is 0.316. The van der Waals surface area contributed by atoms with Gasteiger partial charge in [-0.25, -0.2) is 0 Å². The largest absolute Gasteiger partial charge is 0.457 e. The molecule has 1 fully saturated rings. The molecular weight excluding hydrogens is 356 g/mol. The summed E-state index contributed by atoms with van der Waals surface area (Å²) in [5, 5.41) is 0.580. The van der Waals surface area contributed by atoms with Crippen molar-refractivity contribution in [2.24, 2.45) is 5.92 Å². The van der Waals surface area contributed by atoms with E-state index in [1.807, 2.05) is 0 Å². The predicted molar refractivity (Wildman–Crippen MR) is 96.2 cm³/mol. The van der Waals surface area contributed by atoms with Gasteiger partial charge in [0.2, 0.25) is 5.78 Å².